The molecule has 2 rings (SSSR count). The number of nitrogens with two attached hydrogens (primary N) is 1. The van der Waals surface area contributed by atoms with Gasteiger partial charge in [0.1, 0.15) is 11.9 Å². The Morgan fingerprint density at radius 1 is 1.50 bits per heavy atom. The summed E-state index contributed by atoms with van der Waals surface area (Å²) in [6.45, 7) is 1.82. The van der Waals surface area contributed by atoms with E-state index in [1.807, 2.05) is 18.2 Å². The zero-order chi connectivity index (χ0) is 11.7. The van der Waals surface area contributed by atoms with Crippen molar-refractivity contribution in [2.45, 2.75) is 6.10 Å². The van der Waals surface area contributed by atoms with E-state index < -0.39 is 0 Å². The summed E-state index contributed by atoms with van der Waals surface area (Å²) in [6.07, 6.45) is 0.219. The van der Waals surface area contributed by atoms with Gasteiger partial charge in [-0.15, -0.1) is 0 Å². The molecule has 0 spiro atoms. The van der Waals surface area contributed by atoms with Gasteiger partial charge in [-0.05, 0) is 32.3 Å². The van der Waals surface area contributed by atoms with Gasteiger partial charge in [-0.3, -0.25) is 0 Å². The van der Waals surface area contributed by atoms with Gasteiger partial charge in [-0.25, -0.2) is 0 Å². The summed E-state index contributed by atoms with van der Waals surface area (Å²) in [6, 6.07) is 5.79. The zero-order valence-corrected chi connectivity index (χ0v) is 10.1. The van der Waals surface area contributed by atoms with Gasteiger partial charge >= 0.3 is 0 Å². The Hall–Kier alpha value is -1.42. The van der Waals surface area contributed by atoms with Crippen LogP contribution in [0.4, 0.5) is 11.4 Å². The highest BCUT2D eigenvalue weighted by molar-refractivity contribution is 5.65. The molecule has 0 radical (unpaired) electrons. The average molecular weight is 221 g/mol. The molecule has 1 aliphatic rings. The fourth-order valence-electron chi connectivity index (χ4n) is 2.06. The van der Waals surface area contributed by atoms with Crippen molar-refractivity contribution in [2.24, 2.45) is 0 Å². The van der Waals surface area contributed by atoms with Gasteiger partial charge < -0.3 is 20.3 Å². The predicted molar refractivity (Wildman–Crippen MR) is 67.1 cm³/mol. The van der Waals surface area contributed by atoms with Crippen LogP contribution in [0.5, 0.6) is 5.75 Å². The molecule has 0 aliphatic carbocycles. The molecule has 0 bridgehead atoms. The molecule has 1 aromatic rings. The highest BCUT2D eigenvalue weighted by Crippen LogP contribution is 2.34. The highest BCUT2D eigenvalue weighted by Gasteiger charge is 2.23. The first kappa shape index (κ1) is 11.1. The minimum atomic E-state index is 0.219. The van der Waals surface area contributed by atoms with E-state index in [1.54, 1.807) is 0 Å². The van der Waals surface area contributed by atoms with Crippen LogP contribution in [0, 0.1) is 0 Å². The van der Waals surface area contributed by atoms with Crippen LogP contribution in [0.15, 0.2) is 18.2 Å². The van der Waals surface area contributed by atoms with E-state index in [2.05, 4.69) is 30.9 Å². The molecule has 0 saturated heterocycles. The molecule has 0 aromatic heterocycles. The van der Waals surface area contributed by atoms with Crippen LogP contribution >= 0.6 is 0 Å². The molecular formula is C12H19N3O. The van der Waals surface area contributed by atoms with E-state index in [-0.39, 0.29) is 6.10 Å². The zero-order valence-electron chi connectivity index (χ0n) is 10.1. The van der Waals surface area contributed by atoms with Crippen LogP contribution in [0.3, 0.4) is 0 Å². The summed E-state index contributed by atoms with van der Waals surface area (Å²) in [5.74, 6) is 0.926. The lowest BCUT2D eigenvalue weighted by molar-refractivity contribution is 0.156. The van der Waals surface area contributed by atoms with E-state index in [9.17, 15) is 0 Å². The number of rotatable bonds is 2. The fraction of sp³-hybridized carbons (Fsp3) is 0.500. The molecule has 1 heterocycles. The van der Waals surface area contributed by atoms with E-state index in [1.165, 1.54) is 0 Å². The van der Waals surface area contributed by atoms with Gasteiger partial charge in [0.25, 0.3) is 0 Å². The van der Waals surface area contributed by atoms with Crippen molar-refractivity contribution >= 4 is 11.4 Å². The molecule has 88 valence electrons. The smallest absolute Gasteiger partial charge is 0.143 e. The quantitative estimate of drug-likeness (QED) is 0.757. The third-order valence-corrected chi connectivity index (χ3v) is 2.73. The topological polar surface area (TPSA) is 41.7 Å². The van der Waals surface area contributed by atoms with Crippen molar-refractivity contribution in [1.29, 1.82) is 0 Å². The first-order chi connectivity index (χ1) is 7.56. The molecule has 0 amide bonds. The molecule has 1 atom stereocenters. The number of hydrogen-bond donors (Lipinski definition) is 1. The Morgan fingerprint density at radius 2 is 2.25 bits per heavy atom. The van der Waals surface area contributed by atoms with Gasteiger partial charge in [-0.1, -0.05) is 0 Å². The normalized spacial score (nSPS) is 19.5. The number of anilines is 2. The number of likely N-dealkylation sites (N-methyl/N-ethyl adjacent to an activating group) is 2. The van der Waals surface area contributed by atoms with Crippen LogP contribution in [0.25, 0.3) is 0 Å². The number of nitrogens with zero attached hydrogens (tertiary/aromatic N) is 2. The van der Waals surface area contributed by atoms with E-state index in [0.717, 1.165) is 30.2 Å². The standard InChI is InChI=1S/C12H19N3O/c1-14(2)7-10-8-15(3)11-6-9(13)4-5-12(11)16-10/h4-6,10H,7-8,13H2,1-3H3. The summed E-state index contributed by atoms with van der Waals surface area (Å²) >= 11 is 0. The van der Waals surface area contributed by atoms with Crippen molar-refractivity contribution < 1.29 is 4.74 Å². The van der Waals surface area contributed by atoms with Crippen molar-refractivity contribution in [2.75, 3.05) is 44.9 Å². The van der Waals surface area contributed by atoms with Crippen molar-refractivity contribution in [3.63, 3.8) is 0 Å². The van der Waals surface area contributed by atoms with Gasteiger partial charge in [0.2, 0.25) is 0 Å². The van der Waals surface area contributed by atoms with E-state index in [0.29, 0.717) is 0 Å². The predicted octanol–water partition coefficient (Wildman–Crippen LogP) is 1.03. The summed E-state index contributed by atoms with van der Waals surface area (Å²) in [7, 11) is 6.19. The Balaban J connectivity index is 2.20. The number of nitrogen functional groups attached to an aromatic ring is 1. The summed E-state index contributed by atoms with van der Waals surface area (Å²) in [5.41, 5.74) is 7.63. The van der Waals surface area contributed by atoms with Crippen LogP contribution in [-0.4, -0.2) is 45.2 Å². The molecule has 2 N–H and O–H groups in total. The molecule has 4 nitrogen and oxygen atoms in total. The molecule has 0 saturated carbocycles. The highest BCUT2D eigenvalue weighted by atomic mass is 16.5. The van der Waals surface area contributed by atoms with Crippen LogP contribution in [0.2, 0.25) is 0 Å². The Kier molecular flexibility index (Phi) is 2.92. The molecule has 0 fully saturated rings. The summed E-state index contributed by atoms with van der Waals surface area (Å²) in [5, 5.41) is 0. The lowest BCUT2D eigenvalue weighted by atomic mass is 10.2. The summed E-state index contributed by atoms with van der Waals surface area (Å²) < 4.78 is 5.93. The van der Waals surface area contributed by atoms with Crippen molar-refractivity contribution in [1.82, 2.24) is 4.90 Å². The third-order valence-electron chi connectivity index (χ3n) is 2.73. The van der Waals surface area contributed by atoms with E-state index >= 15 is 0 Å². The summed E-state index contributed by atoms with van der Waals surface area (Å²) in [4.78, 5) is 4.34. The molecule has 1 aliphatic heterocycles. The second-order valence-electron chi connectivity index (χ2n) is 4.61. The number of hydrogen-bond acceptors (Lipinski definition) is 4. The van der Waals surface area contributed by atoms with Crippen LogP contribution in [0.1, 0.15) is 0 Å². The lowest BCUT2D eigenvalue weighted by Crippen LogP contribution is -2.43. The molecule has 1 aromatic carbocycles. The van der Waals surface area contributed by atoms with Crippen molar-refractivity contribution in [3.05, 3.63) is 18.2 Å². The first-order valence-electron chi connectivity index (χ1n) is 5.48. The maximum Gasteiger partial charge on any atom is 0.143 e. The molecule has 1 unspecified atom stereocenters. The number of fused-ring (bicyclic) bond motifs is 1. The minimum Gasteiger partial charge on any atom is -0.485 e. The lowest BCUT2D eigenvalue weighted by Gasteiger charge is -2.35. The third kappa shape index (κ3) is 2.22. The SMILES string of the molecule is CN(C)CC1CN(C)c2cc(N)ccc2O1. The molecule has 4 heteroatoms. The average Bonchev–Trinajstić information content (AvgIpc) is 2.18. The molecule has 16 heavy (non-hydrogen) atoms. The number of benzene rings is 1. The molecular weight excluding hydrogens is 202 g/mol. The second-order valence-corrected chi connectivity index (χ2v) is 4.61. The second kappa shape index (κ2) is 4.22. The maximum atomic E-state index is 5.93. The van der Waals surface area contributed by atoms with E-state index in [4.69, 9.17) is 10.5 Å². The Bertz CT molecular complexity index is 379. The minimum absolute atomic E-state index is 0.219. The largest absolute Gasteiger partial charge is 0.485 e. The van der Waals surface area contributed by atoms with Gasteiger partial charge in [0.15, 0.2) is 0 Å². The van der Waals surface area contributed by atoms with Gasteiger partial charge in [0, 0.05) is 19.3 Å². The fourth-order valence-corrected chi connectivity index (χ4v) is 2.06. The first-order valence-corrected chi connectivity index (χ1v) is 5.48. The Morgan fingerprint density at radius 3 is 2.94 bits per heavy atom. The van der Waals surface area contributed by atoms with Gasteiger partial charge in [-0.2, -0.15) is 0 Å². The Labute approximate surface area is 96.6 Å². The maximum absolute atomic E-state index is 5.93. The van der Waals surface area contributed by atoms with Crippen LogP contribution in [-0.2, 0) is 0 Å². The monoisotopic (exact) mass is 221 g/mol. The van der Waals surface area contributed by atoms with Gasteiger partial charge in [0.05, 0.1) is 12.2 Å². The van der Waals surface area contributed by atoms with Crippen molar-refractivity contribution in [3.8, 4) is 5.75 Å². The van der Waals surface area contributed by atoms with Crippen LogP contribution < -0.4 is 15.4 Å². The number of ether oxygens (including phenoxy) is 1.